The Morgan fingerprint density at radius 3 is 2.67 bits per heavy atom. The normalized spacial score (nSPS) is 12.1. The molecule has 0 bridgehead atoms. The number of nitrogens with one attached hydrogen (secondary N) is 2. The molecule has 2 aromatic heterocycles. The lowest BCUT2D eigenvalue weighted by Gasteiger charge is -2.21. The van der Waals surface area contributed by atoms with Crippen LogP contribution in [-0.4, -0.2) is 51.2 Å². The second-order valence-electron chi connectivity index (χ2n) is 8.93. The Morgan fingerprint density at radius 1 is 1.14 bits per heavy atom. The topological polar surface area (TPSA) is 94.0 Å². The van der Waals surface area contributed by atoms with E-state index in [0.717, 1.165) is 24.1 Å². The van der Waals surface area contributed by atoms with Gasteiger partial charge in [0.25, 0.3) is 0 Å². The van der Waals surface area contributed by atoms with Crippen molar-refractivity contribution in [2.24, 2.45) is 5.92 Å². The highest BCUT2D eigenvalue weighted by Crippen LogP contribution is 2.23. The van der Waals surface area contributed by atoms with Gasteiger partial charge in [0.2, 0.25) is 11.9 Å². The fourth-order valence-corrected chi connectivity index (χ4v) is 4.00. The highest BCUT2D eigenvalue weighted by Gasteiger charge is 2.21. The van der Waals surface area contributed by atoms with Crippen LogP contribution in [0, 0.1) is 5.92 Å². The van der Waals surface area contributed by atoms with Gasteiger partial charge in [0.15, 0.2) is 0 Å². The van der Waals surface area contributed by atoms with E-state index in [1.165, 1.54) is 0 Å². The quantitative estimate of drug-likeness (QED) is 0.279. The van der Waals surface area contributed by atoms with Crippen LogP contribution in [0.25, 0.3) is 5.95 Å². The molecule has 0 radical (unpaired) electrons. The first-order chi connectivity index (χ1) is 17.4. The lowest BCUT2D eigenvalue weighted by Crippen LogP contribution is -2.41. The summed E-state index contributed by atoms with van der Waals surface area (Å²) in [6.45, 7) is 8.01. The summed E-state index contributed by atoms with van der Waals surface area (Å²) >= 11 is 12.2. The number of anilines is 1. The minimum atomic E-state index is -0.425. The molecule has 0 saturated carbocycles. The van der Waals surface area contributed by atoms with Crippen LogP contribution in [0.1, 0.15) is 44.9 Å². The van der Waals surface area contributed by atoms with Gasteiger partial charge in [-0.3, -0.25) is 9.36 Å². The summed E-state index contributed by atoms with van der Waals surface area (Å²) in [4.78, 5) is 26.5. The Balaban J connectivity index is 1.77. The van der Waals surface area contributed by atoms with E-state index in [1.54, 1.807) is 29.4 Å². The molecule has 0 aliphatic rings. The van der Waals surface area contributed by atoms with Crippen molar-refractivity contribution in [3.8, 4) is 5.95 Å². The number of nitrogens with zero attached hydrogens (tertiary/aromatic N) is 4. The van der Waals surface area contributed by atoms with Crippen LogP contribution in [0.4, 0.5) is 5.82 Å². The van der Waals surface area contributed by atoms with E-state index in [-0.39, 0.29) is 5.91 Å². The van der Waals surface area contributed by atoms with Gasteiger partial charge in [-0.15, -0.1) is 0 Å². The zero-order chi connectivity index (χ0) is 25.9. The lowest BCUT2D eigenvalue weighted by atomic mass is 10.0. The third-order valence-electron chi connectivity index (χ3n) is 5.47. The van der Waals surface area contributed by atoms with E-state index in [2.05, 4.69) is 34.4 Å². The Kier molecular flexibility index (Phi) is 11.0. The highest BCUT2D eigenvalue weighted by molar-refractivity contribution is 6.42. The molecule has 0 aliphatic carbocycles. The number of carbonyl (C=O) groups excluding carboxylic acids is 1. The molecular formula is C26H34Cl2N6O2. The molecule has 194 valence electrons. The Morgan fingerprint density at radius 2 is 1.97 bits per heavy atom. The molecule has 3 aromatic rings. The fourth-order valence-electron chi connectivity index (χ4n) is 3.68. The number of aromatic nitrogens is 4. The van der Waals surface area contributed by atoms with Gasteiger partial charge in [-0.05, 0) is 56.2 Å². The smallest absolute Gasteiger partial charge is 0.242 e. The van der Waals surface area contributed by atoms with Crippen LogP contribution in [0.2, 0.25) is 10.0 Å². The monoisotopic (exact) mass is 532 g/mol. The summed E-state index contributed by atoms with van der Waals surface area (Å²) in [5, 5.41) is 7.43. The molecule has 8 nitrogen and oxygen atoms in total. The molecule has 0 fully saturated rings. The molecule has 0 aliphatic heterocycles. The SMILES string of the molecule is CCOCCCNC(=O)[C@H](CC(C)C)Nc1cc(CCc2ccc(Cl)c(Cl)c2)nc(-n2ccnc2)n1. The number of hydrogen-bond donors (Lipinski definition) is 2. The first-order valence-electron chi connectivity index (χ1n) is 12.3. The van der Waals surface area contributed by atoms with Crippen molar-refractivity contribution < 1.29 is 9.53 Å². The predicted molar refractivity (Wildman–Crippen MR) is 144 cm³/mol. The van der Waals surface area contributed by atoms with Gasteiger partial charge in [0, 0.05) is 43.9 Å². The standard InChI is InChI=1S/C26H34Cl2N6O2/c1-4-36-13-5-10-30-25(35)23(14-18(2)3)32-24-16-20(31-26(33-24)34-12-11-29-17-34)8-6-19-7-9-21(27)22(28)15-19/h7,9,11-12,15-18,23H,4-6,8,10,13-14H2,1-3H3,(H,30,35)(H,31,32,33)/t23-/m0/s1. The third-order valence-corrected chi connectivity index (χ3v) is 6.21. The van der Waals surface area contributed by atoms with Crippen molar-refractivity contribution in [1.82, 2.24) is 24.8 Å². The summed E-state index contributed by atoms with van der Waals surface area (Å²) in [7, 11) is 0. The summed E-state index contributed by atoms with van der Waals surface area (Å²) in [5.41, 5.74) is 1.90. The number of aryl methyl sites for hydroxylation is 2. The van der Waals surface area contributed by atoms with Crippen LogP contribution in [0.15, 0.2) is 43.0 Å². The molecule has 1 amide bonds. The van der Waals surface area contributed by atoms with Crippen LogP contribution >= 0.6 is 23.2 Å². The molecule has 0 spiro atoms. The maximum atomic E-state index is 13.0. The average Bonchev–Trinajstić information content (AvgIpc) is 3.39. The maximum Gasteiger partial charge on any atom is 0.242 e. The van der Waals surface area contributed by atoms with Crippen molar-refractivity contribution in [3.63, 3.8) is 0 Å². The molecule has 3 rings (SSSR count). The van der Waals surface area contributed by atoms with E-state index < -0.39 is 6.04 Å². The van der Waals surface area contributed by atoms with Gasteiger partial charge >= 0.3 is 0 Å². The Labute approximate surface area is 222 Å². The summed E-state index contributed by atoms with van der Waals surface area (Å²) in [6.07, 6.45) is 7.94. The second-order valence-corrected chi connectivity index (χ2v) is 9.75. The number of carbonyl (C=O) groups is 1. The molecule has 2 N–H and O–H groups in total. The first-order valence-corrected chi connectivity index (χ1v) is 13.0. The number of amides is 1. The van der Waals surface area contributed by atoms with Crippen LogP contribution in [0.3, 0.4) is 0 Å². The molecule has 36 heavy (non-hydrogen) atoms. The van der Waals surface area contributed by atoms with Crippen LogP contribution in [-0.2, 0) is 22.4 Å². The molecule has 0 unspecified atom stereocenters. The number of rotatable bonds is 14. The molecule has 0 saturated heterocycles. The summed E-state index contributed by atoms with van der Waals surface area (Å²) < 4.78 is 7.11. The number of imidazole rings is 1. The maximum absolute atomic E-state index is 13.0. The highest BCUT2D eigenvalue weighted by atomic mass is 35.5. The van der Waals surface area contributed by atoms with Gasteiger partial charge in [0.05, 0.1) is 10.0 Å². The number of halogens is 2. The Hall–Kier alpha value is -2.68. The van der Waals surface area contributed by atoms with E-state index in [0.29, 0.717) is 60.3 Å². The lowest BCUT2D eigenvalue weighted by molar-refractivity contribution is -0.122. The van der Waals surface area contributed by atoms with Gasteiger partial charge in [-0.1, -0.05) is 43.1 Å². The molecule has 1 atom stereocenters. The van der Waals surface area contributed by atoms with Gasteiger partial charge < -0.3 is 15.4 Å². The van der Waals surface area contributed by atoms with Gasteiger partial charge in [-0.2, -0.15) is 4.98 Å². The van der Waals surface area contributed by atoms with E-state index >= 15 is 0 Å². The van der Waals surface area contributed by atoms with Crippen LogP contribution in [0.5, 0.6) is 0 Å². The zero-order valence-corrected chi connectivity index (χ0v) is 22.5. The molecule has 1 aromatic carbocycles. The molecule has 10 heteroatoms. The van der Waals surface area contributed by atoms with E-state index in [4.69, 9.17) is 32.9 Å². The van der Waals surface area contributed by atoms with Crippen molar-refractivity contribution in [3.05, 3.63) is 64.3 Å². The Bertz CT molecular complexity index is 1110. The minimum absolute atomic E-state index is 0.0552. The number of benzene rings is 1. The first kappa shape index (κ1) is 27.9. The van der Waals surface area contributed by atoms with Crippen LogP contribution < -0.4 is 10.6 Å². The number of hydrogen-bond acceptors (Lipinski definition) is 6. The van der Waals surface area contributed by atoms with Crippen molar-refractivity contribution in [1.29, 1.82) is 0 Å². The van der Waals surface area contributed by atoms with E-state index in [9.17, 15) is 4.79 Å². The van der Waals surface area contributed by atoms with E-state index in [1.807, 2.05) is 25.1 Å². The largest absolute Gasteiger partial charge is 0.382 e. The van der Waals surface area contributed by atoms with Gasteiger partial charge in [0.1, 0.15) is 18.2 Å². The second kappa shape index (κ2) is 14.2. The average molecular weight is 534 g/mol. The van der Waals surface area contributed by atoms with Gasteiger partial charge in [-0.25, -0.2) is 9.97 Å². The molecular weight excluding hydrogens is 499 g/mol. The van der Waals surface area contributed by atoms with Crippen molar-refractivity contribution >= 4 is 34.9 Å². The number of ether oxygens (including phenoxy) is 1. The fraction of sp³-hybridized carbons (Fsp3) is 0.462. The minimum Gasteiger partial charge on any atom is -0.382 e. The zero-order valence-electron chi connectivity index (χ0n) is 21.0. The summed E-state index contributed by atoms with van der Waals surface area (Å²) in [6, 6.07) is 7.10. The molecule has 2 heterocycles. The predicted octanol–water partition coefficient (Wildman–Crippen LogP) is 5.12. The summed E-state index contributed by atoms with van der Waals surface area (Å²) in [5.74, 6) is 1.34. The van der Waals surface area contributed by atoms with Crippen molar-refractivity contribution in [2.75, 3.05) is 25.1 Å². The third kappa shape index (κ3) is 8.76. The van der Waals surface area contributed by atoms with Crippen molar-refractivity contribution in [2.45, 2.75) is 52.5 Å².